The maximum absolute atomic E-state index is 12.5. The second kappa shape index (κ2) is 6.35. The predicted octanol–water partition coefficient (Wildman–Crippen LogP) is 4.08. The van der Waals surface area contributed by atoms with Crippen molar-refractivity contribution in [1.82, 2.24) is 0 Å². The molecule has 0 aromatic heterocycles. The van der Waals surface area contributed by atoms with Crippen LogP contribution >= 0.6 is 0 Å². The minimum atomic E-state index is -4.36. The number of rotatable bonds is 1. The highest BCUT2D eigenvalue weighted by Gasteiger charge is 2.29. The summed E-state index contributed by atoms with van der Waals surface area (Å²) in [6, 6.07) is 11.6. The van der Waals surface area contributed by atoms with Gasteiger partial charge in [0.2, 0.25) is 5.90 Å². The van der Waals surface area contributed by atoms with E-state index in [9.17, 15) is 13.2 Å². The Kier molecular flexibility index (Phi) is 4.52. The molecule has 0 aliphatic heterocycles. The Morgan fingerprint density at radius 1 is 1.00 bits per heavy atom. The molecule has 0 heterocycles. The lowest BCUT2D eigenvalue weighted by Gasteiger charge is -2.05. The van der Waals surface area contributed by atoms with Crippen molar-refractivity contribution in [2.24, 2.45) is 0 Å². The van der Waals surface area contributed by atoms with E-state index in [4.69, 9.17) is 10.1 Å². The average Bonchev–Trinajstić information content (AvgIpc) is 2.52. The van der Waals surface area contributed by atoms with Crippen molar-refractivity contribution >= 4 is 5.90 Å². The summed E-state index contributed by atoms with van der Waals surface area (Å²) in [7, 11) is 1.39. The molecule has 0 aliphatic rings. The van der Waals surface area contributed by atoms with Crippen LogP contribution in [0.4, 0.5) is 13.2 Å². The second-order valence-electron chi connectivity index (χ2n) is 4.40. The van der Waals surface area contributed by atoms with Crippen molar-refractivity contribution in [3.8, 4) is 11.8 Å². The summed E-state index contributed by atoms with van der Waals surface area (Å²) in [5, 5.41) is 7.68. The summed E-state index contributed by atoms with van der Waals surface area (Å²) < 4.78 is 42.3. The lowest BCUT2D eigenvalue weighted by molar-refractivity contribution is -0.137. The Bertz CT molecular complexity index is 737. The number of nitrogens with one attached hydrogen (secondary N) is 1. The van der Waals surface area contributed by atoms with Gasteiger partial charge < -0.3 is 4.74 Å². The van der Waals surface area contributed by atoms with Gasteiger partial charge in [0.25, 0.3) is 0 Å². The fraction of sp³-hybridized carbons (Fsp3) is 0.118. The van der Waals surface area contributed by atoms with Gasteiger partial charge >= 0.3 is 6.18 Å². The van der Waals surface area contributed by atoms with Gasteiger partial charge in [0.15, 0.2) is 0 Å². The highest BCUT2D eigenvalue weighted by Crippen LogP contribution is 2.28. The lowest BCUT2D eigenvalue weighted by Crippen LogP contribution is -2.04. The second-order valence-corrected chi connectivity index (χ2v) is 4.40. The molecule has 2 aromatic rings. The summed E-state index contributed by atoms with van der Waals surface area (Å²) in [5.41, 5.74) is 0.866. The molecule has 0 spiro atoms. The van der Waals surface area contributed by atoms with E-state index in [1.807, 2.05) is 0 Å². The first-order valence-corrected chi connectivity index (χ1v) is 6.33. The van der Waals surface area contributed by atoms with Gasteiger partial charge in [0, 0.05) is 11.1 Å². The summed E-state index contributed by atoms with van der Waals surface area (Å²) in [5.74, 6) is 5.62. The smallest absolute Gasteiger partial charge is 0.416 e. The van der Waals surface area contributed by atoms with Gasteiger partial charge in [-0.05, 0) is 36.4 Å². The van der Waals surface area contributed by atoms with E-state index in [-0.39, 0.29) is 5.90 Å². The molecular weight excluding hydrogens is 291 g/mol. The first-order chi connectivity index (χ1) is 10.4. The fourth-order valence-electron chi connectivity index (χ4n) is 1.78. The van der Waals surface area contributed by atoms with Crippen molar-refractivity contribution in [3.63, 3.8) is 0 Å². The van der Waals surface area contributed by atoms with Gasteiger partial charge in [-0.1, -0.05) is 24.0 Å². The maximum atomic E-state index is 12.5. The van der Waals surface area contributed by atoms with E-state index in [1.165, 1.54) is 19.2 Å². The van der Waals surface area contributed by atoms with E-state index >= 15 is 0 Å². The number of halogens is 3. The maximum Gasteiger partial charge on any atom is 0.416 e. The number of ether oxygens (including phenoxy) is 1. The quantitative estimate of drug-likeness (QED) is 0.481. The van der Waals surface area contributed by atoms with Crippen molar-refractivity contribution in [3.05, 3.63) is 70.8 Å². The van der Waals surface area contributed by atoms with Crippen LogP contribution in [0, 0.1) is 17.3 Å². The molecule has 0 aliphatic carbocycles. The molecule has 0 bridgehead atoms. The normalized spacial score (nSPS) is 10.5. The zero-order chi connectivity index (χ0) is 16.2. The fourth-order valence-corrected chi connectivity index (χ4v) is 1.78. The largest absolute Gasteiger partial charge is 0.481 e. The molecule has 0 fully saturated rings. The Morgan fingerprint density at radius 2 is 1.64 bits per heavy atom. The Morgan fingerprint density at radius 3 is 2.23 bits per heavy atom. The Hall–Kier alpha value is -2.74. The van der Waals surface area contributed by atoms with E-state index < -0.39 is 11.7 Å². The zero-order valence-corrected chi connectivity index (χ0v) is 11.7. The molecule has 1 N–H and O–H groups in total. The van der Waals surface area contributed by atoms with Gasteiger partial charge in [0.05, 0.1) is 18.2 Å². The van der Waals surface area contributed by atoms with Gasteiger partial charge in [-0.2, -0.15) is 13.2 Å². The van der Waals surface area contributed by atoms with Crippen LogP contribution in [0.1, 0.15) is 22.3 Å². The predicted molar refractivity (Wildman–Crippen MR) is 77.7 cm³/mol. The van der Waals surface area contributed by atoms with Crippen molar-refractivity contribution < 1.29 is 17.9 Å². The first kappa shape index (κ1) is 15.6. The topological polar surface area (TPSA) is 33.1 Å². The third-order valence-electron chi connectivity index (χ3n) is 2.93. The summed E-state index contributed by atoms with van der Waals surface area (Å²) in [6.07, 6.45) is -4.36. The van der Waals surface area contributed by atoms with Gasteiger partial charge in [-0.15, -0.1) is 0 Å². The number of methoxy groups -OCH3 is 1. The Labute approximate surface area is 126 Å². The van der Waals surface area contributed by atoms with Crippen LogP contribution in [-0.2, 0) is 10.9 Å². The minimum absolute atomic E-state index is 0.0164. The monoisotopic (exact) mass is 303 g/mol. The molecule has 2 rings (SSSR count). The van der Waals surface area contributed by atoms with Crippen LogP contribution in [0.5, 0.6) is 0 Å². The standard InChI is InChI=1S/C17H12F3NO/c1-22-16(21)15-5-3-2-4-13(15)9-6-12-7-10-14(11-8-12)17(18,19)20/h2-5,7-8,10-11,21H,1H3. The summed E-state index contributed by atoms with van der Waals surface area (Å²) in [6.45, 7) is 0. The molecule has 2 nitrogen and oxygen atoms in total. The number of hydrogen-bond acceptors (Lipinski definition) is 2. The molecule has 0 atom stereocenters. The molecule has 0 unspecified atom stereocenters. The molecule has 112 valence electrons. The van der Waals surface area contributed by atoms with Crippen molar-refractivity contribution in [1.29, 1.82) is 5.41 Å². The third-order valence-corrected chi connectivity index (χ3v) is 2.93. The minimum Gasteiger partial charge on any atom is -0.481 e. The van der Waals surface area contributed by atoms with E-state index in [0.29, 0.717) is 16.7 Å². The third kappa shape index (κ3) is 3.67. The number of hydrogen-bond donors (Lipinski definition) is 1. The van der Waals surface area contributed by atoms with Crippen LogP contribution < -0.4 is 0 Å². The van der Waals surface area contributed by atoms with Gasteiger partial charge in [-0.3, -0.25) is 5.41 Å². The molecule has 0 amide bonds. The van der Waals surface area contributed by atoms with Gasteiger partial charge in [-0.25, -0.2) is 0 Å². The molecule has 2 aromatic carbocycles. The molecule has 0 saturated carbocycles. The van der Waals surface area contributed by atoms with Crippen LogP contribution in [0.15, 0.2) is 48.5 Å². The van der Waals surface area contributed by atoms with Crippen LogP contribution in [0.2, 0.25) is 0 Å². The molecule has 5 heteroatoms. The zero-order valence-electron chi connectivity index (χ0n) is 11.7. The highest BCUT2D eigenvalue weighted by atomic mass is 19.4. The molecule has 22 heavy (non-hydrogen) atoms. The van der Waals surface area contributed by atoms with Crippen LogP contribution in [0.3, 0.4) is 0 Å². The SMILES string of the molecule is COC(=N)c1ccccc1C#Cc1ccc(C(F)(F)F)cc1. The van der Waals surface area contributed by atoms with Gasteiger partial charge in [0.1, 0.15) is 0 Å². The Balaban J connectivity index is 2.30. The van der Waals surface area contributed by atoms with Crippen molar-refractivity contribution in [2.75, 3.05) is 7.11 Å². The van der Waals surface area contributed by atoms with E-state index in [0.717, 1.165) is 12.1 Å². The van der Waals surface area contributed by atoms with Crippen LogP contribution in [-0.4, -0.2) is 13.0 Å². The summed E-state index contributed by atoms with van der Waals surface area (Å²) >= 11 is 0. The van der Waals surface area contributed by atoms with Crippen LogP contribution in [0.25, 0.3) is 0 Å². The van der Waals surface area contributed by atoms with E-state index in [2.05, 4.69) is 11.8 Å². The average molecular weight is 303 g/mol. The highest BCUT2D eigenvalue weighted by molar-refractivity contribution is 5.94. The lowest BCUT2D eigenvalue weighted by atomic mass is 10.1. The first-order valence-electron chi connectivity index (χ1n) is 6.33. The summed E-state index contributed by atoms with van der Waals surface area (Å²) in [4.78, 5) is 0. The van der Waals surface area contributed by atoms with E-state index in [1.54, 1.807) is 24.3 Å². The molecule has 0 radical (unpaired) electrons. The van der Waals surface area contributed by atoms with Crippen molar-refractivity contribution in [2.45, 2.75) is 6.18 Å². The number of alkyl halides is 3. The number of benzene rings is 2. The molecular formula is C17H12F3NO. The molecule has 0 saturated heterocycles.